The van der Waals surface area contributed by atoms with E-state index in [2.05, 4.69) is 277 Å². The van der Waals surface area contributed by atoms with Crippen LogP contribution in [-0.4, -0.2) is 0 Å². The Morgan fingerprint density at radius 2 is 0.662 bits per heavy atom. The number of rotatable bonds is 6. The Morgan fingerprint density at radius 1 is 0.265 bits per heavy atom. The average molecular weight is 865 g/mol. The van der Waals surface area contributed by atoms with Gasteiger partial charge in [-0.2, -0.15) is 0 Å². The minimum Gasteiger partial charge on any atom is -0.310 e. The number of anilines is 6. The fourth-order valence-corrected chi connectivity index (χ4v) is 12.4. The first-order valence-corrected chi connectivity index (χ1v) is 23.7. The van der Waals surface area contributed by atoms with Gasteiger partial charge in [-0.1, -0.05) is 206 Å². The number of nitrogens with zero attached hydrogens (tertiary/aromatic N) is 2. The first kappa shape index (κ1) is 38.5. The molecule has 68 heavy (non-hydrogen) atoms. The molecule has 0 aromatic heterocycles. The van der Waals surface area contributed by atoms with Crippen molar-refractivity contribution in [1.82, 2.24) is 0 Å². The van der Waals surface area contributed by atoms with Crippen LogP contribution >= 0.6 is 0 Å². The fourth-order valence-electron chi connectivity index (χ4n) is 12.4. The molecule has 2 heteroatoms. The summed E-state index contributed by atoms with van der Waals surface area (Å²) in [5.74, 6) is 0. The zero-order valence-corrected chi connectivity index (χ0v) is 37.3. The zero-order valence-electron chi connectivity index (χ0n) is 37.3. The smallest absolute Gasteiger partial charge is 0.0755 e. The topological polar surface area (TPSA) is 6.48 Å². The van der Waals surface area contributed by atoms with E-state index in [1.165, 1.54) is 88.9 Å². The van der Waals surface area contributed by atoms with Gasteiger partial charge in [0, 0.05) is 22.7 Å². The lowest BCUT2D eigenvalue weighted by atomic mass is 9.64. The summed E-state index contributed by atoms with van der Waals surface area (Å²) >= 11 is 0. The summed E-state index contributed by atoms with van der Waals surface area (Å²) in [7, 11) is 0. The van der Waals surface area contributed by atoms with E-state index in [9.17, 15) is 0 Å². The van der Waals surface area contributed by atoms with E-state index in [1.54, 1.807) is 0 Å². The van der Waals surface area contributed by atoms with Crippen molar-refractivity contribution in [2.24, 2.45) is 0 Å². The second-order valence-corrected chi connectivity index (χ2v) is 18.4. The van der Waals surface area contributed by atoms with Gasteiger partial charge in [-0.25, -0.2) is 0 Å². The second kappa shape index (κ2) is 14.9. The van der Waals surface area contributed by atoms with Crippen molar-refractivity contribution >= 4 is 44.9 Å². The van der Waals surface area contributed by atoms with Crippen LogP contribution in [-0.2, 0) is 10.8 Å². The van der Waals surface area contributed by atoms with Gasteiger partial charge in [-0.15, -0.1) is 0 Å². The molecule has 318 valence electrons. The molecule has 0 saturated heterocycles. The Morgan fingerprint density at radius 3 is 1.24 bits per heavy atom. The number of benzene rings is 11. The van der Waals surface area contributed by atoms with E-state index >= 15 is 0 Å². The highest BCUT2D eigenvalue weighted by Gasteiger charge is 2.52. The summed E-state index contributed by atoms with van der Waals surface area (Å²) in [6, 6.07) is 99.5. The predicted molar refractivity (Wildman–Crippen MR) is 281 cm³/mol. The highest BCUT2D eigenvalue weighted by molar-refractivity contribution is 5.98. The second-order valence-electron chi connectivity index (χ2n) is 18.4. The lowest BCUT2D eigenvalue weighted by Gasteiger charge is -2.45. The van der Waals surface area contributed by atoms with Crippen molar-refractivity contribution in [3.63, 3.8) is 0 Å². The molecule has 0 amide bonds. The molecule has 11 aromatic carbocycles. The maximum absolute atomic E-state index is 2.51. The Bertz CT molecular complexity index is 3670. The molecule has 11 aromatic rings. The Kier molecular flexibility index (Phi) is 8.45. The maximum Gasteiger partial charge on any atom is 0.0755 e. The van der Waals surface area contributed by atoms with Crippen LogP contribution in [0, 0.1) is 0 Å². The number of para-hydroxylation sites is 3. The van der Waals surface area contributed by atoms with Gasteiger partial charge in [-0.3, -0.25) is 0 Å². The van der Waals surface area contributed by atoms with Gasteiger partial charge in [-0.05, 0) is 138 Å². The third-order valence-corrected chi connectivity index (χ3v) is 15.1. The van der Waals surface area contributed by atoms with Crippen molar-refractivity contribution in [3.05, 3.63) is 311 Å². The van der Waals surface area contributed by atoms with Crippen LogP contribution in [0.3, 0.4) is 0 Å². The third kappa shape index (κ3) is 5.29. The predicted octanol–water partition coefficient (Wildman–Crippen LogP) is 16.8. The summed E-state index contributed by atoms with van der Waals surface area (Å²) in [6.45, 7) is 0. The largest absolute Gasteiger partial charge is 0.310 e. The highest BCUT2D eigenvalue weighted by atomic mass is 15.2. The van der Waals surface area contributed by atoms with E-state index < -0.39 is 10.8 Å². The van der Waals surface area contributed by atoms with Gasteiger partial charge in [0.25, 0.3) is 0 Å². The van der Waals surface area contributed by atoms with Gasteiger partial charge < -0.3 is 9.80 Å². The molecule has 0 fully saturated rings. The van der Waals surface area contributed by atoms with Crippen molar-refractivity contribution in [3.8, 4) is 22.3 Å². The van der Waals surface area contributed by atoms with Gasteiger partial charge in [0.05, 0.1) is 22.2 Å². The van der Waals surface area contributed by atoms with Crippen molar-refractivity contribution in [2.45, 2.75) is 10.8 Å². The van der Waals surface area contributed by atoms with Gasteiger partial charge in [0.1, 0.15) is 0 Å². The quantitative estimate of drug-likeness (QED) is 0.164. The lowest BCUT2D eigenvalue weighted by Crippen LogP contribution is -2.36. The van der Waals surface area contributed by atoms with Gasteiger partial charge in [0.15, 0.2) is 0 Å². The van der Waals surface area contributed by atoms with Crippen molar-refractivity contribution in [2.75, 3.05) is 9.80 Å². The van der Waals surface area contributed by atoms with Crippen LogP contribution in [0.2, 0.25) is 0 Å². The van der Waals surface area contributed by atoms with Crippen LogP contribution in [0.5, 0.6) is 0 Å². The molecule has 0 N–H and O–H groups in total. The third-order valence-electron chi connectivity index (χ3n) is 15.1. The average Bonchev–Trinajstić information content (AvgIpc) is 3.87. The standard InChI is InChI=1S/C66H44N2/c1-4-22-47(23-5-1)65(48-24-6-2-7-25-48)57-30-14-12-28-53(57)55-40-38-51(43-61(55)65)67(50-37-36-45-20-10-11-21-46(45)42-50)52-39-41-56-54-29-13-15-31-58(54)66(62(56)44-52)59-32-16-18-34-63(59)68(49-26-8-3-9-27-49)64-35-19-17-33-60(64)66/h1-44H. The molecular formula is C66H44N2. The van der Waals surface area contributed by atoms with Crippen LogP contribution in [0.15, 0.2) is 267 Å². The van der Waals surface area contributed by atoms with E-state index in [0.717, 1.165) is 22.7 Å². The van der Waals surface area contributed by atoms with Gasteiger partial charge >= 0.3 is 0 Å². The van der Waals surface area contributed by atoms with E-state index in [4.69, 9.17) is 0 Å². The van der Waals surface area contributed by atoms with Gasteiger partial charge in [0.2, 0.25) is 0 Å². The molecule has 14 rings (SSSR count). The minimum absolute atomic E-state index is 0.538. The Labute approximate surface area is 397 Å². The molecule has 0 saturated carbocycles. The van der Waals surface area contributed by atoms with Crippen molar-refractivity contribution < 1.29 is 0 Å². The summed E-state index contributed by atoms with van der Waals surface area (Å²) in [5.41, 5.74) is 21.0. The molecular weight excluding hydrogens is 821 g/mol. The zero-order chi connectivity index (χ0) is 44.8. The lowest BCUT2D eigenvalue weighted by molar-refractivity contribution is 0.752. The molecule has 1 aliphatic heterocycles. The molecule has 1 spiro atoms. The molecule has 0 unspecified atom stereocenters. The number of fused-ring (bicyclic) bond motifs is 13. The molecule has 0 atom stereocenters. The molecule has 3 aliphatic rings. The first-order chi connectivity index (χ1) is 33.7. The monoisotopic (exact) mass is 864 g/mol. The van der Waals surface area contributed by atoms with Crippen LogP contribution < -0.4 is 9.80 Å². The maximum atomic E-state index is 2.51. The molecule has 0 bridgehead atoms. The number of hydrogen-bond acceptors (Lipinski definition) is 2. The first-order valence-electron chi connectivity index (χ1n) is 23.7. The summed E-state index contributed by atoms with van der Waals surface area (Å²) < 4.78 is 0. The highest BCUT2D eigenvalue weighted by Crippen LogP contribution is 2.64. The van der Waals surface area contributed by atoms with E-state index in [1.807, 2.05) is 0 Å². The molecule has 0 radical (unpaired) electrons. The van der Waals surface area contributed by atoms with E-state index in [-0.39, 0.29) is 0 Å². The SMILES string of the molecule is c1ccc(N2c3ccccc3C3(c4ccccc4-c4ccc(N(c5ccc6c(c5)C(c5ccccc5)(c5ccccc5)c5ccccc5-6)c5ccc6ccccc6c5)cc43)c3ccccc32)cc1. The summed E-state index contributed by atoms with van der Waals surface area (Å²) in [5, 5.41) is 2.42. The van der Waals surface area contributed by atoms with Crippen LogP contribution in [0.25, 0.3) is 33.0 Å². The van der Waals surface area contributed by atoms with Crippen LogP contribution in [0.4, 0.5) is 34.1 Å². The fraction of sp³-hybridized carbons (Fsp3) is 0.0303. The van der Waals surface area contributed by atoms with E-state index in [0.29, 0.717) is 0 Å². The minimum atomic E-state index is -0.592. The van der Waals surface area contributed by atoms with Crippen LogP contribution in [0.1, 0.15) is 44.5 Å². The molecule has 2 nitrogen and oxygen atoms in total. The summed E-state index contributed by atoms with van der Waals surface area (Å²) in [6.07, 6.45) is 0. The Hall–Kier alpha value is -8.72. The molecule has 2 aliphatic carbocycles. The normalized spacial score (nSPS) is 14.1. The number of hydrogen-bond donors (Lipinski definition) is 0. The summed E-state index contributed by atoms with van der Waals surface area (Å²) in [4.78, 5) is 4.96. The Balaban J connectivity index is 1.05. The molecule has 1 heterocycles. The van der Waals surface area contributed by atoms with Crippen molar-refractivity contribution in [1.29, 1.82) is 0 Å².